The molecule has 164 valence electrons. The summed E-state index contributed by atoms with van der Waals surface area (Å²) in [7, 11) is 0. The summed E-state index contributed by atoms with van der Waals surface area (Å²) >= 11 is 1.49. The van der Waals surface area contributed by atoms with E-state index in [1.165, 1.54) is 11.3 Å². The molecule has 1 unspecified atom stereocenters. The van der Waals surface area contributed by atoms with Crippen molar-refractivity contribution in [2.24, 2.45) is 0 Å². The number of anilines is 1. The minimum Gasteiger partial charge on any atom is -0.458 e. The van der Waals surface area contributed by atoms with Crippen molar-refractivity contribution in [3.8, 4) is 22.3 Å². The Kier molecular flexibility index (Phi) is 6.74. The minimum atomic E-state index is -0.0782. The summed E-state index contributed by atoms with van der Waals surface area (Å²) in [5.41, 5.74) is 0.659. The van der Waals surface area contributed by atoms with Gasteiger partial charge in [-0.3, -0.25) is 14.6 Å². The molecule has 1 fully saturated rings. The summed E-state index contributed by atoms with van der Waals surface area (Å²) in [5.74, 6) is 2.15. The summed E-state index contributed by atoms with van der Waals surface area (Å²) < 4.78 is 5.70. The quantitative estimate of drug-likeness (QED) is 0.573. The zero-order valence-electron chi connectivity index (χ0n) is 18.2. The van der Waals surface area contributed by atoms with Gasteiger partial charge in [0.2, 0.25) is 5.91 Å². The molecule has 3 aromatic rings. The van der Waals surface area contributed by atoms with Crippen molar-refractivity contribution in [2.45, 2.75) is 33.2 Å². The fourth-order valence-corrected chi connectivity index (χ4v) is 4.61. The number of carbonyl (C=O) groups is 1. The molecule has 0 spiro atoms. The maximum absolute atomic E-state index is 12.8. The van der Waals surface area contributed by atoms with E-state index >= 15 is 0 Å². The van der Waals surface area contributed by atoms with Crippen molar-refractivity contribution in [1.82, 2.24) is 24.8 Å². The number of aryl methyl sites for hydroxylation is 1. The zero-order chi connectivity index (χ0) is 21.8. The fraction of sp³-hybridized carbons (Fsp3) is 0.455. The number of likely N-dealkylation sites (N-methyl/N-ethyl adjacent to an activating group) is 1. The van der Waals surface area contributed by atoms with Crippen LogP contribution in [0.25, 0.3) is 22.3 Å². The van der Waals surface area contributed by atoms with Gasteiger partial charge in [0.05, 0.1) is 6.54 Å². The molecule has 1 N–H and O–H groups in total. The molecule has 0 saturated carbocycles. The molecular weight excluding hydrogens is 412 g/mol. The largest absolute Gasteiger partial charge is 0.458 e. The maximum atomic E-state index is 12.8. The number of thiazole rings is 1. The number of hydrogen-bond donors (Lipinski definition) is 1. The van der Waals surface area contributed by atoms with Crippen molar-refractivity contribution >= 4 is 23.1 Å². The Morgan fingerprint density at radius 3 is 2.84 bits per heavy atom. The first-order valence-electron chi connectivity index (χ1n) is 10.7. The Hall–Kier alpha value is -2.62. The van der Waals surface area contributed by atoms with Crippen molar-refractivity contribution in [3.63, 3.8) is 0 Å². The summed E-state index contributed by atoms with van der Waals surface area (Å²) in [5, 5.41) is 5.61. The number of likely N-dealkylation sites (tertiary alicyclic amines) is 1. The van der Waals surface area contributed by atoms with E-state index in [0.717, 1.165) is 43.4 Å². The molecule has 0 bridgehead atoms. The lowest BCUT2D eigenvalue weighted by Gasteiger charge is -2.26. The van der Waals surface area contributed by atoms with E-state index < -0.39 is 0 Å². The lowest BCUT2D eigenvalue weighted by atomic mass is 10.2. The van der Waals surface area contributed by atoms with Crippen LogP contribution in [0.5, 0.6) is 0 Å². The van der Waals surface area contributed by atoms with Crippen LogP contribution in [-0.4, -0.2) is 69.4 Å². The van der Waals surface area contributed by atoms with Crippen LogP contribution >= 0.6 is 11.3 Å². The highest BCUT2D eigenvalue weighted by Crippen LogP contribution is 2.26. The van der Waals surface area contributed by atoms with Gasteiger partial charge in [-0.25, -0.2) is 15.0 Å². The first-order chi connectivity index (χ1) is 15.1. The van der Waals surface area contributed by atoms with Crippen LogP contribution in [-0.2, 0) is 4.79 Å². The fourth-order valence-electron chi connectivity index (χ4n) is 4.02. The molecule has 4 rings (SSSR count). The second kappa shape index (κ2) is 9.67. The molecule has 3 aromatic heterocycles. The molecule has 0 radical (unpaired) electrons. The van der Waals surface area contributed by atoms with E-state index in [2.05, 4.69) is 43.9 Å². The van der Waals surface area contributed by atoms with Crippen molar-refractivity contribution in [1.29, 1.82) is 0 Å². The maximum Gasteiger partial charge on any atom is 0.239 e. The first-order valence-corrected chi connectivity index (χ1v) is 11.6. The minimum absolute atomic E-state index is 0.0782. The number of furan rings is 1. The highest BCUT2D eigenvalue weighted by Gasteiger charge is 2.27. The average molecular weight is 441 g/mol. The third kappa shape index (κ3) is 5.17. The number of rotatable bonds is 8. The molecular formula is C22H28N6O2S. The van der Waals surface area contributed by atoms with Gasteiger partial charge >= 0.3 is 0 Å². The van der Waals surface area contributed by atoms with Crippen molar-refractivity contribution < 1.29 is 9.21 Å². The van der Waals surface area contributed by atoms with E-state index in [1.807, 2.05) is 24.4 Å². The summed E-state index contributed by atoms with van der Waals surface area (Å²) in [4.78, 5) is 30.9. The van der Waals surface area contributed by atoms with Crippen LogP contribution in [0.4, 0.5) is 5.82 Å². The average Bonchev–Trinajstić information content (AvgIpc) is 3.51. The molecule has 0 aromatic carbocycles. The highest BCUT2D eigenvalue weighted by atomic mass is 32.1. The normalized spacial score (nSPS) is 16.8. The topological polar surface area (TPSA) is 87.4 Å². The van der Waals surface area contributed by atoms with Crippen LogP contribution in [0.1, 0.15) is 26.0 Å². The van der Waals surface area contributed by atoms with Gasteiger partial charge < -0.3 is 9.73 Å². The lowest BCUT2D eigenvalue weighted by molar-refractivity contribution is -0.117. The number of carbonyl (C=O) groups excluding carboxylic acids is 1. The molecule has 1 atom stereocenters. The molecule has 8 nitrogen and oxygen atoms in total. The smallest absolute Gasteiger partial charge is 0.239 e. The van der Waals surface area contributed by atoms with E-state index in [9.17, 15) is 4.79 Å². The van der Waals surface area contributed by atoms with Crippen molar-refractivity contribution in [2.75, 3.05) is 38.0 Å². The van der Waals surface area contributed by atoms with Gasteiger partial charge in [0, 0.05) is 36.8 Å². The van der Waals surface area contributed by atoms with E-state index in [-0.39, 0.29) is 5.91 Å². The lowest BCUT2D eigenvalue weighted by Crippen LogP contribution is -2.39. The summed E-state index contributed by atoms with van der Waals surface area (Å²) in [6.07, 6.45) is 2.83. The van der Waals surface area contributed by atoms with Gasteiger partial charge in [-0.05, 0) is 38.6 Å². The summed E-state index contributed by atoms with van der Waals surface area (Å²) in [6.45, 7) is 10.5. The molecule has 1 saturated heterocycles. The van der Waals surface area contributed by atoms with Gasteiger partial charge in [-0.2, -0.15) is 0 Å². The summed E-state index contributed by atoms with van der Waals surface area (Å²) in [6, 6.07) is 5.98. The van der Waals surface area contributed by atoms with Gasteiger partial charge in [-0.15, -0.1) is 11.3 Å². The van der Waals surface area contributed by atoms with Crippen LogP contribution < -0.4 is 5.32 Å². The number of hydrogen-bond acceptors (Lipinski definition) is 8. The Morgan fingerprint density at radius 2 is 2.16 bits per heavy atom. The molecule has 9 heteroatoms. The standard InChI is InChI=1S/C22H28N6O2S/c1-4-28(5-2)16-8-10-27(13-16)14-20(29)25-19-12-17(22-23-9-11-31-22)24-21(26-19)18-7-6-15(3)30-18/h6-7,9,11-12,16H,4-5,8,10,13-14H2,1-3H3,(H,24,25,26,29). The third-order valence-electron chi connectivity index (χ3n) is 5.55. The van der Waals surface area contributed by atoms with Gasteiger partial charge in [0.25, 0.3) is 0 Å². The van der Waals surface area contributed by atoms with E-state index in [4.69, 9.17) is 4.42 Å². The first kappa shape index (κ1) is 21.6. The molecule has 4 heterocycles. The number of amides is 1. The second-order valence-corrected chi connectivity index (χ2v) is 8.55. The predicted octanol–water partition coefficient (Wildman–Crippen LogP) is 3.52. The number of nitrogens with zero attached hydrogens (tertiary/aromatic N) is 5. The van der Waals surface area contributed by atoms with E-state index in [0.29, 0.717) is 35.7 Å². The number of aromatic nitrogens is 3. The predicted molar refractivity (Wildman–Crippen MR) is 122 cm³/mol. The second-order valence-electron chi connectivity index (χ2n) is 7.66. The van der Waals surface area contributed by atoms with Crippen LogP contribution in [0, 0.1) is 6.92 Å². The molecule has 1 aliphatic rings. The van der Waals surface area contributed by atoms with Gasteiger partial charge in [-0.1, -0.05) is 13.8 Å². The Morgan fingerprint density at radius 1 is 1.32 bits per heavy atom. The molecule has 1 aliphatic heterocycles. The zero-order valence-corrected chi connectivity index (χ0v) is 19.0. The van der Waals surface area contributed by atoms with E-state index in [1.54, 1.807) is 12.3 Å². The molecule has 1 amide bonds. The Bertz CT molecular complexity index is 1010. The third-order valence-corrected chi connectivity index (χ3v) is 6.34. The van der Waals surface area contributed by atoms with Crippen LogP contribution in [0.15, 0.2) is 34.2 Å². The molecule has 0 aliphatic carbocycles. The number of nitrogens with one attached hydrogen (secondary N) is 1. The molecule has 31 heavy (non-hydrogen) atoms. The van der Waals surface area contributed by atoms with Gasteiger partial charge in [0.1, 0.15) is 22.3 Å². The van der Waals surface area contributed by atoms with Crippen molar-refractivity contribution in [3.05, 3.63) is 35.5 Å². The SMILES string of the molecule is CCN(CC)C1CCN(CC(=O)Nc2cc(-c3nccs3)nc(-c3ccc(C)o3)n2)C1. The van der Waals surface area contributed by atoms with Gasteiger partial charge in [0.15, 0.2) is 11.6 Å². The Balaban J connectivity index is 1.48. The monoisotopic (exact) mass is 440 g/mol. The van der Waals surface area contributed by atoms with Crippen LogP contribution in [0.3, 0.4) is 0 Å². The Labute approximate surface area is 186 Å². The highest BCUT2D eigenvalue weighted by molar-refractivity contribution is 7.13. The van der Waals surface area contributed by atoms with Crippen LogP contribution in [0.2, 0.25) is 0 Å².